The summed E-state index contributed by atoms with van der Waals surface area (Å²) in [5.74, 6) is 0.655. The van der Waals surface area contributed by atoms with Crippen LogP contribution in [0.4, 0.5) is 5.69 Å². The van der Waals surface area contributed by atoms with Gasteiger partial charge in [0.25, 0.3) is 0 Å². The Labute approximate surface area is 192 Å². The van der Waals surface area contributed by atoms with E-state index in [1.165, 1.54) is 11.8 Å². The largest absolute Gasteiger partial charge is 0.507 e. The average molecular weight is 495 g/mol. The Balaban J connectivity index is 1.59. The van der Waals surface area contributed by atoms with Crippen molar-refractivity contribution in [3.63, 3.8) is 0 Å². The molecule has 0 radical (unpaired) electrons. The molecule has 0 unspecified atom stereocenters. The molecule has 156 valence electrons. The molecule has 2 N–H and O–H groups in total. The van der Waals surface area contributed by atoms with Gasteiger partial charge in [-0.15, -0.1) is 10.2 Å². The zero-order valence-corrected chi connectivity index (χ0v) is 19.0. The van der Waals surface area contributed by atoms with Gasteiger partial charge in [0.15, 0.2) is 11.0 Å². The van der Waals surface area contributed by atoms with Gasteiger partial charge in [-0.25, -0.2) is 0 Å². The zero-order chi connectivity index (χ0) is 21.8. The fourth-order valence-electron chi connectivity index (χ4n) is 3.06. The van der Waals surface area contributed by atoms with Crippen LogP contribution in [0.5, 0.6) is 5.75 Å². The highest BCUT2D eigenvalue weighted by molar-refractivity contribution is 9.10. The number of para-hydroxylation sites is 2. The average Bonchev–Trinajstić information content (AvgIpc) is 3.19. The van der Waals surface area contributed by atoms with Crippen molar-refractivity contribution in [2.45, 2.75) is 12.1 Å². The maximum absolute atomic E-state index is 12.5. The van der Waals surface area contributed by atoms with Gasteiger partial charge in [0.05, 0.1) is 11.3 Å². The van der Waals surface area contributed by atoms with E-state index in [9.17, 15) is 9.90 Å². The van der Waals surface area contributed by atoms with Crippen LogP contribution in [0.25, 0.3) is 17.1 Å². The van der Waals surface area contributed by atoms with Crippen LogP contribution >= 0.6 is 27.7 Å². The van der Waals surface area contributed by atoms with E-state index in [0.29, 0.717) is 16.5 Å². The highest BCUT2D eigenvalue weighted by atomic mass is 79.9. The number of phenolic OH excluding ortho intramolecular Hbond substituents is 1. The van der Waals surface area contributed by atoms with Crippen LogP contribution in [-0.4, -0.2) is 31.5 Å². The minimum Gasteiger partial charge on any atom is -0.507 e. The number of anilines is 1. The molecule has 0 bridgehead atoms. The van der Waals surface area contributed by atoms with E-state index < -0.39 is 0 Å². The van der Waals surface area contributed by atoms with E-state index in [4.69, 9.17) is 0 Å². The van der Waals surface area contributed by atoms with E-state index >= 15 is 0 Å². The van der Waals surface area contributed by atoms with E-state index in [-0.39, 0.29) is 17.4 Å². The molecule has 0 saturated carbocycles. The number of halogens is 1. The number of amides is 1. The third-order valence-electron chi connectivity index (χ3n) is 4.57. The van der Waals surface area contributed by atoms with Crippen molar-refractivity contribution in [3.8, 4) is 22.8 Å². The molecule has 31 heavy (non-hydrogen) atoms. The van der Waals surface area contributed by atoms with Gasteiger partial charge in [-0.05, 0) is 55.0 Å². The molecule has 0 aliphatic carbocycles. The Morgan fingerprint density at radius 1 is 1.06 bits per heavy atom. The molecule has 1 aromatic heterocycles. The SMILES string of the molecule is Cc1cc(NC(=O)CSc2nnc(-c3ccccc3O)n2-c2ccccc2)ccc1Br. The number of carbonyl (C=O) groups is 1. The molecule has 0 aliphatic rings. The highest BCUT2D eigenvalue weighted by Gasteiger charge is 2.19. The maximum atomic E-state index is 12.5. The van der Waals surface area contributed by atoms with Gasteiger partial charge >= 0.3 is 0 Å². The second kappa shape index (κ2) is 9.36. The van der Waals surface area contributed by atoms with Gasteiger partial charge in [-0.2, -0.15) is 0 Å². The number of benzene rings is 3. The number of aromatic nitrogens is 3. The molecule has 0 spiro atoms. The first-order valence-electron chi connectivity index (χ1n) is 9.51. The Bertz CT molecular complexity index is 1230. The van der Waals surface area contributed by atoms with Crippen molar-refractivity contribution >= 4 is 39.3 Å². The number of aryl methyl sites for hydroxylation is 1. The van der Waals surface area contributed by atoms with E-state index in [0.717, 1.165) is 21.4 Å². The predicted octanol–water partition coefficient (Wildman–Crippen LogP) is 5.44. The number of rotatable bonds is 6. The third-order valence-corrected chi connectivity index (χ3v) is 6.39. The van der Waals surface area contributed by atoms with Gasteiger partial charge in [0, 0.05) is 15.8 Å². The van der Waals surface area contributed by atoms with Crippen molar-refractivity contribution in [1.82, 2.24) is 14.8 Å². The van der Waals surface area contributed by atoms with Crippen LogP contribution in [0.2, 0.25) is 0 Å². The number of nitrogens with zero attached hydrogens (tertiary/aromatic N) is 3. The van der Waals surface area contributed by atoms with Crippen LogP contribution < -0.4 is 5.32 Å². The molecule has 4 aromatic rings. The number of phenols is 1. The Morgan fingerprint density at radius 2 is 1.81 bits per heavy atom. The molecule has 4 rings (SSSR count). The highest BCUT2D eigenvalue weighted by Crippen LogP contribution is 2.32. The molecule has 1 heterocycles. The molecular weight excluding hydrogens is 476 g/mol. The number of hydrogen-bond acceptors (Lipinski definition) is 5. The topological polar surface area (TPSA) is 80.0 Å². The summed E-state index contributed by atoms with van der Waals surface area (Å²) in [5, 5.41) is 22.4. The van der Waals surface area contributed by atoms with Crippen molar-refractivity contribution < 1.29 is 9.90 Å². The zero-order valence-electron chi connectivity index (χ0n) is 16.6. The summed E-state index contributed by atoms with van der Waals surface area (Å²) in [6.45, 7) is 1.97. The molecule has 8 heteroatoms. The molecular formula is C23H19BrN4O2S. The summed E-state index contributed by atoms with van der Waals surface area (Å²) in [7, 11) is 0. The molecule has 0 saturated heterocycles. The Kier molecular flexibility index (Phi) is 6.39. The summed E-state index contributed by atoms with van der Waals surface area (Å²) < 4.78 is 2.84. The second-order valence-electron chi connectivity index (χ2n) is 6.80. The van der Waals surface area contributed by atoms with Gasteiger partial charge < -0.3 is 10.4 Å². The maximum Gasteiger partial charge on any atom is 0.234 e. The quantitative estimate of drug-likeness (QED) is 0.348. The molecule has 6 nitrogen and oxygen atoms in total. The third kappa shape index (κ3) is 4.81. The Hall–Kier alpha value is -3.10. The van der Waals surface area contributed by atoms with Crippen LogP contribution in [0.15, 0.2) is 82.4 Å². The van der Waals surface area contributed by atoms with E-state index in [1.807, 2.05) is 66.1 Å². The number of thioether (sulfide) groups is 1. The lowest BCUT2D eigenvalue weighted by Crippen LogP contribution is -2.14. The van der Waals surface area contributed by atoms with E-state index in [1.54, 1.807) is 18.2 Å². The molecule has 1 amide bonds. The summed E-state index contributed by atoms with van der Waals surface area (Å²) >= 11 is 4.75. The lowest BCUT2D eigenvalue weighted by molar-refractivity contribution is -0.113. The van der Waals surface area contributed by atoms with Crippen LogP contribution in [0.3, 0.4) is 0 Å². The number of aromatic hydroxyl groups is 1. The number of nitrogens with one attached hydrogen (secondary N) is 1. The molecule has 3 aromatic carbocycles. The Morgan fingerprint density at radius 3 is 2.55 bits per heavy atom. The fourth-order valence-corrected chi connectivity index (χ4v) is 4.06. The van der Waals surface area contributed by atoms with Gasteiger partial charge in [-0.1, -0.05) is 58.0 Å². The van der Waals surface area contributed by atoms with Gasteiger partial charge in [0.2, 0.25) is 5.91 Å². The minimum atomic E-state index is -0.140. The smallest absolute Gasteiger partial charge is 0.234 e. The first-order chi connectivity index (χ1) is 15.0. The van der Waals surface area contributed by atoms with Crippen molar-refractivity contribution in [1.29, 1.82) is 0 Å². The predicted molar refractivity (Wildman–Crippen MR) is 127 cm³/mol. The summed E-state index contributed by atoms with van der Waals surface area (Å²) in [5.41, 5.74) is 3.20. The van der Waals surface area contributed by atoms with Crippen molar-refractivity contribution in [3.05, 3.63) is 82.8 Å². The normalized spacial score (nSPS) is 10.8. The van der Waals surface area contributed by atoms with Crippen LogP contribution in [0.1, 0.15) is 5.56 Å². The van der Waals surface area contributed by atoms with E-state index in [2.05, 4.69) is 31.4 Å². The summed E-state index contributed by atoms with van der Waals surface area (Å²) in [6, 6.07) is 22.3. The first-order valence-corrected chi connectivity index (χ1v) is 11.3. The molecule has 0 fully saturated rings. The standard InChI is InChI=1S/C23H19BrN4O2S/c1-15-13-16(11-12-19(15)24)25-21(30)14-31-23-27-26-22(18-9-5-6-10-20(18)29)28(23)17-7-3-2-4-8-17/h2-13,29H,14H2,1H3,(H,25,30). The summed E-state index contributed by atoms with van der Waals surface area (Å²) in [4.78, 5) is 12.5. The first kappa shape index (κ1) is 21.1. The minimum absolute atomic E-state index is 0.118. The number of carbonyl (C=O) groups excluding carboxylic acids is 1. The van der Waals surface area contributed by atoms with Gasteiger partial charge in [-0.3, -0.25) is 9.36 Å². The fraction of sp³-hybridized carbons (Fsp3) is 0.0870. The lowest BCUT2D eigenvalue weighted by Gasteiger charge is -2.11. The number of hydrogen-bond donors (Lipinski definition) is 2. The van der Waals surface area contributed by atoms with Crippen molar-refractivity contribution in [2.24, 2.45) is 0 Å². The van der Waals surface area contributed by atoms with Gasteiger partial charge in [0.1, 0.15) is 5.75 Å². The van der Waals surface area contributed by atoms with Crippen molar-refractivity contribution in [2.75, 3.05) is 11.1 Å². The second-order valence-corrected chi connectivity index (χ2v) is 8.59. The van der Waals surface area contributed by atoms with Crippen LogP contribution in [0, 0.1) is 6.92 Å². The molecule has 0 aliphatic heterocycles. The van der Waals surface area contributed by atoms with Crippen LogP contribution in [-0.2, 0) is 4.79 Å². The molecule has 0 atom stereocenters. The summed E-state index contributed by atoms with van der Waals surface area (Å²) in [6.07, 6.45) is 0. The lowest BCUT2D eigenvalue weighted by atomic mass is 10.2. The monoisotopic (exact) mass is 494 g/mol.